The summed E-state index contributed by atoms with van der Waals surface area (Å²) in [5, 5.41) is 3.20. The molecule has 0 aliphatic carbocycles. The number of hydrogen-bond acceptors (Lipinski definition) is 4. The van der Waals surface area contributed by atoms with Crippen molar-refractivity contribution in [1.29, 1.82) is 0 Å². The summed E-state index contributed by atoms with van der Waals surface area (Å²) < 4.78 is 2.06. The van der Waals surface area contributed by atoms with E-state index in [1.165, 1.54) is 11.8 Å². The number of amides is 2. The van der Waals surface area contributed by atoms with Crippen molar-refractivity contribution < 1.29 is 9.59 Å². The summed E-state index contributed by atoms with van der Waals surface area (Å²) in [6, 6.07) is 26.5. The number of carbonyl (C=O) groups excluding carboxylic acids is 2. The number of rotatable bonds is 7. The van der Waals surface area contributed by atoms with Crippen LogP contribution in [0.4, 0.5) is 5.69 Å². The van der Waals surface area contributed by atoms with Crippen LogP contribution < -0.4 is 11.1 Å². The first kappa shape index (κ1) is 21.4. The van der Waals surface area contributed by atoms with Gasteiger partial charge in [-0.05, 0) is 43.3 Å². The van der Waals surface area contributed by atoms with E-state index in [1.807, 2.05) is 73.8 Å². The number of aromatic nitrogens is 2. The molecule has 7 heteroatoms. The Labute approximate surface area is 190 Å². The van der Waals surface area contributed by atoms with Crippen molar-refractivity contribution in [2.45, 2.75) is 17.3 Å². The highest BCUT2D eigenvalue weighted by Gasteiger charge is 2.21. The van der Waals surface area contributed by atoms with E-state index >= 15 is 0 Å². The van der Waals surface area contributed by atoms with E-state index in [4.69, 9.17) is 5.73 Å². The maximum atomic E-state index is 12.8. The quantitative estimate of drug-likeness (QED) is 0.404. The molecule has 6 nitrogen and oxygen atoms in total. The van der Waals surface area contributed by atoms with Crippen molar-refractivity contribution in [2.24, 2.45) is 5.73 Å². The minimum atomic E-state index is -0.506. The van der Waals surface area contributed by atoms with Crippen LogP contribution in [0.25, 0.3) is 16.9 Å². The molecule has 4 rings (SSSR count). The lowest BCUT2D eigenvalue weighted by atomic mass is 10.1. The summed E-state index contributed by atoms with van der Waals surface area (Å²) in [4.78, 5) is 28.6. The Hall–Kier alpha value is -3.84. The van der Waals surface area contributed by atoms with Gasteiger partial charge < -0.3 is 11.1 Å². The predicted octanol–water partition coefficient (Wildman–Crippen LogP) is 4.76. The number of imidazole rings is 1. The van der Waals surface area contributed by atoms with Crippen LogP contribution in [0.3, 0.4) is 0 Å². The van der Waals surface area contributed by atoms with Gasteiger partial charge in [0.15, 0.2) is 5.16 Å². The smallest absolute Gasteiger partial charge is 0.248 e. The molecule has 0 saturated carbocycles. The maximum Gasteiger partial charge on any atom is 0.248 e. The highest BCUT2D eigenvalue weighted by Crippen LogP contribution is 2.32. The van der Waals surface area contributed by atoms with Gasteiger partial charge in [-0.1, -0.05) is 60.3 Å². The number of nitrogens with one attached hydrogen (secondary N) is 1. The molecule has 32 heavy (non-hydrogen) atoms. The van der Waals surface area contributed by atoms with Crippen molar-refractivity contribution in [1.82, 2.24) is 9.55 Å². The highest BCUT2D eigenvalue weighted by molar-refractivity contribution is 8.00. The molecule has 0 aliphatic rings. The molecule has 160 valence electrons. The number of nitrogens with zero attached hydrogens (tertiary/aromatic N) is 2. The summed E-state index contributed by atoms with van der Waals surface area (Å²) in [6.07, 6.45) is 1.83. The third kappa shape index (κ3) is 4.73. The number of primary amides is 1. The zero-order valence-electron chi connectivity index (χ0n) is 17.4. The van der Waals surface area contributed by atoms with E-state index in [0.717, 1.165) is 22.1 Å². The normalized spacial score (nSPS) is 11.7. The zero-order valence-corrected chi connectivity index (χ0v) is 18.3. The summed E-state index contributed by atoms with van der Waals surface area (Å²) in [6.45, 7) is 1.84. The number of benzene rings is 3. The third-order valence-corrected chi connectivity index (χ3v) is 5.97. The van der Waals surface area contributed by atoms with Gasteiger partial charge in [0.1, 0.15) is 0 Å². The van der Waals surface area contributed by atoms with Gasteiger partial charge in [0.05, 0.1) is 17.1 Å². The van der Waals surface area contributed by atoms with Crippen molar-refractivity contribution in [3.05, 3.63) is 96.7 Å². The van der Waals surface area contributed by atoms with Crippen molar-refractivity contribution in [3.8, 4) is 16.9 Å². The molecule has 0 fully saturated rings. The lowest BCUT2D eigenvalue weighted by Gasteiger charge is -2.15. The molecule has 1 aromatic heterocycles. The second kappa shape index (κ2) is 9.53. The van der Waals surface area contributed by atoms with Gasteiger partial charge in [-0.2, -0.15) is 0 Å². The topological polar surface area (TPSA) is 90.0 Å². The molecule has 0 radical (unpaired) electrons. The molecule has 0 saturated heterocycles. The van der Waals surface area contributed by atoms with Crippen LogP contribution in [0.1, 0.15) is 17.3 Å². The van der Waals surface area contributed by atoms with E-state index in [1.54, 1.807) is 24.3 Å². The van der Waals surface area contributed by atoms with Gasteiger partial charge in [-0.3, -0.25) is 14.2 Å². The van der Waals surface area contributed by atoms with Crippen molar-refractivity contribution in [3.63, 3.8) is 0 Å². The lowest BCUT2D eigenvalue weighted by Crippen LogP contribution is -2.23. The fourth-order valence-corrected chi connectivity index (χ4v) is 4.14. The molecule has 1 atom stereocenters. The minimum Gasteiger partial charge on any atom is -0.366 e. The molecular formula is C25H22N4O2S. The lowest BCUT2D eigenvalue weighted by molar-refractivity contribution is -0.115. The molecule has 3 N–H and O–H groups in total. The number of thioether (sulfide) groups is 1. The molecule has 0 bridgehead atoms. The molecule has 1 unspecified atom stereocenters. The van der Waals surface area contributed by atoms with E-state index in [-0.39, 0.29) is 5.91 Å². The molecule has 2 amide bonds. The Kier molecular flexibility index (Phi) is 6.37. The number of nitrogens with two attached hydrogens (primary N) is 1. The average molecular weight is 443 g/mol. The Balaban J connectivity index is 1.57. The van der Waals surface area contributed by atoms with Crippen LogP contribution in [0.2, 0.25) is 0 Å². The Morgan fingerprint density at radius 3 is 2.19 bits per heavy atom. The van der Waals surface area contributed by atoms with Crippen LogP contribution in [0.5, 0.6) is 0 Å². The fraction of sp³-hybridized carbons (Fsp3) is 0.0800. The fourth-order valence-electron chi connectivity index (χ4n) is 3.23. The molecule has 3 aromatic carbocycles. The second-order valence-corrected chi connectivity index (χ2v) is 8.46. The number of carbonyl (C=O) groups is 2. The van der Waals surface area contributed by atoms with Crippen LogP contribution in [0.15, 0.2) is 96.3 Å². The second-order valence-electron chi connectivity index (χ2n) is 7.15. The minimum absolute atomic E-state index is 0.161. The Bertz CT molecular complexity index is 1220. The van der Waals surface area contributed by atoms with Crippen molar-refractivity contribution in [2.75, 3.05) is 5.32 Å². The summed E-state index contributed by atoms with van der Waals surface area (Å²) in [5.74, 6) is -0.667. The standard InChI is InChI=1S/C25H22N4O2S/c1-17(24(31)28-20-14-12-19(13-15-20)23(26)30)32-25-27-16-22(18-8-4-2-5-9-18)29(25)21-10-6-3-7-11-21/h2-17H,1H3,(H2,26,30)(H,28,31). The SMILES string of the molecule is CC(Sc1ncc(-c2ccccc2)n1-c1ccccc1)C(=O)Nc1ccc(C(N)=O)cc1. The van der Waals surface area contributed by atoms with Gasteiger partial charge in [0.2, 0.25) is 11.8 Å². The van der Waals surface area contributed by atoms with Crippen LogP contribution in [0, 0.1) is 0 Å². The highest BCUT2D eigenvalue weighted by atomic mass is 32.2. The van der Waals surface area contributed by atoms with Gasteiger partial charge in [0.25, 0.3) is 0 Å². The van der Waals surface area contributed by atoms with Gasteiger partial charge in [-0.15, -0.1) is 0 Å². The Morgan fingerprint density at radius 2 is 1.56 bits per heavy atom. The average Bonchev–Trinajstić information content (AvgIpc) is 3.24. The van der Waals surface area contributed by atoms with E-state index in [9.17, 15) is 9.59 Å². The van der Waals surface area contributed by atoms with E-state index in [2.05, 4.69) is 14.9 Å². The molecule has 0 spiro atoms. The molecule has 4 aromatic rings. The van der Waals surface area contributed by atoms with E-state index in [0.29, 0.717) is 11.3 Å². The largest absolute Gasteiger partial charge is 0.366 e. The molecular weight excluding hydrogens is 420 g/mol. The number of anilines is 1. The van der Waals surface area contributed by atoms with Gasteiger partial charge in [-0.25, -0.2) is 4.98 Å². The first-order valence-corrected chi connectivity index (χ1v) is 11.0. The number of hydrogen-bond donors (Lipinski definition) is 2. The summed E-state index contributed by atoms with van der Waals surface area (Å²) >= 11 is 1.38. The summed E-state index contributed by atoms with van der Waals surface area (Å²) in [7, 11) is 0. The van der Waals surface area contributed by atoms with Crippen molar-refractivity contribution >= 4 is 29.3 Å². The first-order valence-electron chi connectivity index (χ1n) is 10.1. The molecule has 1 heterocycles. The molecule has 0 aliphatic heterocycles. The monoisotopic (exact) mass is 442 g/mol. The van der Waals surface area contributed by atoms with E-state index < -0.39 is 11.2 Å². The third-order valence-electron chi connectivity index (χ3n) is 4.90. The first-order chi connectivity index (χ1) is 15.5. The zero-order chi connectivity index (χ0) is 22.5. The maximum absolute atomic E-state index is 12.8. The van der Waals surface area contributed by atoms with Crippen LogP contribution >= 0.6 is 11.8 Å². The van der Waals surface area contributed by atoms with Crippen LogP contribution in [-0.4, -0.2) is 26.6 Å². The summed E-state index contributed by atoms with van der Waals surface area (Å²) in [5.41, 5.74) is 9.23. The van der Waals surface area contributed by atoms with Gasteiger partial charge in [0, 0.05) is 22.5 Å². The van der Waals surface area contributed by atoms with Crippen LogP contribution in [-0.2, 0) is 4.79 Å². The number of para-hydroxylation sites is 1. The van der Waals surface area contributed by atoms with Gasteiger partial charge >= 0.3 is 0 Å². The predicted molar refractivity (Wildman–Crippen MR) is 128 cm³/mol. The Morgan fingerprint density at radius 1 is 0.938 bits per heavy atom.